The van der Waals surface area contributed by atoms with Crippen molar-refractivity contribution in [3.63, 3.8) is 0 Å². The first-order valence-corrected chi connectivity index (χ1v) is 10.3. The van der Waals surface area contributed by atoms with Crippen LogP contribution in [0, 0.1) is 5.92 Å². The Balaban J connectivity index is 1.82. The van der Waals surface area contributed by atoms with Gasteiger partial charge in [0.05, 0.1) is 6.61 Å². The molecule has 2 aromatic carbocycles. The highest BCUT2D eigenvalue weighted by Crippen LogP contribution is 2.29. The van der Waals surface area contributed by atoms with Gasteiger partial charge in [0.2, 0.25) is 0 Å². The normalized spacial score (nSPS) is 10.7. The Morgan fingerprint density at radius 2 is 1.66 bits per heavy atom. The summed E-state index contributed by atoms with van der Waals surface area (Å²) in [5.41, 5.74) is 6.16. The van der Waals surface area contributed by atoms with Crippen molar-refractivity contribution < 1.29 is 19.1 Å². The second-order valence-corrected chi connectivity index (χ2v) is 8.27. The van der Waals surface area contributed by atoms with Crippen LogP contribution in [0.25, 0.3) is 0 Å². The number of carbonyl (C=O) groups is 2. The lowest BCUT2D eigenvalue weighted by Crippen LogP contribution is -2.43. The molecule has 0 fully saturated rings. The number of hydrazine groups is 1. The van der Waals surface area contributed by atoms with E-state index in [1.165, 1.54) is 0 Å². The van der Waals surface area contributed by atoms with Gasteiger partial charge in [-0.15, -0.1) is 0 Å². The monoisotopic (exact) mass is 462 g/mol. The molecule has 6 nitrogen and oxygen atoms in total. The predicted molar refractivity (Wildman–Crippen MR) is 116 cm³/mol. The van der Waals surface area contributed by atoms with Gasteiger partial charge < -0.3 is 9.47 Å². The van der Waals surface area contributed by atoms with Gasteiger partial charge >= 0.3 is 0 Å². The van der Waals surface area contributed by atoms with E-state index >= 15 is 0 Å². The highest BCUT2D eigenvalue weighted by Gasteiger charge is 2.12. The molecule has 0 aliphatic heterocycles. The fourth-order valence-corrected chi connectivity index (χ4v) is 2.82. The van der Waals surface area contributed by atoms with Crippen LogP contribution in [-0.2, 0) is 4.79 Å². The van der Waals surface area contributed by atoms with Crippen molar-refractivity contribution in [1.29, 1.82) is 0 Å². The molecule has 0 saturated heterocycles. The Morgan fingerprint density at radius 1 is 0.966 bits per heavy atom. The molecule has 2 N–H and O–H groups in total. The lowest BCUT2D eigenvalue weighted by atomic mass is 10.0. The summed E-state index contributed by atoms with van der Waals surface area (Å²) in [5.74, 6) is 1.14. The largest absolute Gasteiger partial charge is 0.493 e. The van der Waals surface area contributed by atoms with E-state index in [0.717, 1.165) is 10.0 Å². The van der Waals surface area contributed by atoms with E-state index in [2.05, 4.69) is 40.6 Å². The summed E-state index contributed by atoms with van der Waals surface area (Å²) >= 11 is 3.44. The fourth-order valence-electron chi connectivity index (χ4n) is 2.45. The zero-order chi connectivity index (χ0) is 21.4. The number of benzene rings is 2. The number of ether oxygens (including phenoxy) is 2. The van der Waals surface area contributed by atoms with E-state index in [1.54, 1.807) is 24.3 Å². The maximum absolute atomic E-state index is 12.2. The van der Waals surface area contributed by atoms with Gasteiger partial charge in [0.1, 0.15) is 11.5 Å². The minimum Gasteiger partial charge on any atom is -0.493 e. The Morgan fingerprint density at radius 3 is 2.28 bits per heavy atom. The third-order valence-corrected chi connectivity index (χ3v) is 4.46. The summed E-state index contributed by atoms with van der Waals surface area (Å²) in [6, 6.07) is 12.4. The van der Waals surface area contributed by atoms with Crippen molar-refractivity contribution in [3.8, 4) is 11.5 Å². The highest BCUT2D eigenvalue weighted by molar-refractivity contribution is 9.10. The first-order chi connectivity index (χ1) is 13.8. The van der Waals surface area contributed by atoms with E-state index in [1.807, 2.05) is 32.0 Å². The molecule has 29 heavy (non-hydrogen) atoms. The molecular formula is C22H27BrN2O4. The molecule has 0 atom stereocenters. The lowest BCUT2D eigenvalue weighted by Gasteiger charge is -2.14. The number of halogens is 1. The summed E-state index contributed by atoms with van der Waals surface area (Å²) in [4.78, 5) is 24.2. The van der Waals surface area contributed by atoms with E-state index in [0.29, 0.717) is 29.6 Å². The molecule has 0 aromatic heterocycles. The van der Waals surface area contributed by atoms with Crippen LogP contribution in [-0.4, -0.2) is 25.0 Å². The molecule has 2 aromatic rings. The molecule has 156 valence electrons. The smallest absolute Gasteiger partial charge is 0.276 e. The number of hydrogen-bond donors (Lipinski definition) is 2. The average molecular weight is 463 g/mol. The van der Waals surface area contributed by atoms with E-state index in [4.69, 9.17) is 9.47 Å². The fraction of sp³-hybridized carbons (Fsp3) is 0.364. The van der Waals surface area contributed by atoms with Crippen LogP contribution < -0.4 is 20.3 Å². The Labute approximate surface area is 180 Å². The Bertz CT molecular complexity index is 835. The van der Waals surface area contributed by atoms with Crippen LogP contribution in [0.1, 0.15) is 49.5 Å². The van der Waals surface area contributed by atoms with Crippen LogP contribution in [0.4, 0.5) is 0 Å². The topological polar surface area (TPSA) is 76.7 Å². The van der Waals surface area contributed by atoms with Crippen molar-refractivity contribution in [2.24, 2.45) is 5.92 Å². The molecule has 0 bridgehead atoms. The molecule has 0 aliphatic carbocycles. The van der Waals surface area contributed by atoms with E-state index in [9.17, 15) is 9.59 Å². The predicted octanol–water partition coefficient (Wildman–Crippen LogP) is 4.45. The van der Waals surface area contributed by atoms with Gasteiger partial charge in [-0.05, 0) is 59.9 Å². The van der Waals surface area contributed by atoms with Crippen LogP contribution in [0.15, 0.2) is 46.9 Å². The molecule has 0 spiro atoms. The van der Waals surface area contributed by atoms with Crippen molar-refractivity contribution in [3.05, 3.63) is 58.1 Å². The number of amides is 2. The van der Waals surface area contributed by atoms with Crippen molar-refractivity contribution in [2.45, 2.75) is 33.6 Å². The van der Waals surface area contributed by atoms with E-state index in [-0.39, 0.29) is 12.5 Å². The molecule has 0 radical (unpaired) electrons. The molecule has 2 amide bonds. The highest BCUT2D eigenvalue weighted by atomic mass is 79.9. The molecule has 0 aliphatic rings. The Hall–Kier alpha value is -2.54. The minimum atomic E-state index is -0.451. The quantitative estimate of drug-likeness (QED) is 0.568. The van der Waals surface area contributed by atoms with Crippen LogP contribution >= 0.6 is 15.9 Å². The molecule has 0 unspecified atom stereocenters. The molecular weight excluding hydrogens is 436 g/mol. The number of hydrogen-bond acceptors (Lipinski definition) is 4. The molecule has 2 rings (SSSR count). The third kappa shape index (κ3) is 7.42. The van der Waals surface area contributed by atoms with Crippen molar-refractivity contribution >= 4 is 27.7 Å². The summed E-state index contributed by atoms with van der Waals surface area (Å²) in [7, 11) is 0. The first-order valence-electron chi connectivity index (χ1n) is 9.50. The summed E-state index contributed by atoms with van der Waals surface area (Å²) in [6.45, 7) is 8.63. The standard InChI is InChI=1S/C22H27BrN2O4/c1-14(2)12-28-18-8-5-16(6-9-18)22(27)25-24-21(26)13-29-20-10-7-17(23)11-19(20)15(3)4/h5-11,14-15H,12-13H2,1-4H3,(H,24,26)(H,25,27). The molecule has 7 heteroatoms. The minimum absolute atomic E-state index is 0.205. The summed E-state index contributed by atoms with van der Waals surface area (Å²) in [5, 5.41) is 0. The SMILES string of the molecule is CC(C)COc1ccc(C(=O)NNC(=O)COc2ccc(Br)cc2C(C)C)cc1. The van der Waals surface area contributed by atoms with Crippen LogP contribution in [0.5, 0.6) is 11.5 Å². The van der Waals surface area contributed by atoms with Crippen LogP contribution in [0.2, 0.25) is 0 Å². The third-order valence-electron chi connectivity index (χ3n) is 3.97. The van der Waals surface area contributed by atoms with Gasteiger partial charge in [0.25, 0.3) is 11.8 Å². The zero-order valence-electron chi connectivity index (χ0n) is 17.1. The molecule has 0 heterocycles. The first kappa shape index (κ1) is 22.7. The van der Waals surface area contributed by atoms with Crippen LogP contribution in [0.3, 0.4) is 0 Å². The number of carbonyl (C=O) groups excluding carboxylic acids is 2. The van der Waals surface area contributed by atoms with Gasteiger partial charge in [-0.2, -0.15) is 0 Å². The van der Waals surface area contributed by atoms with Gasteiger partial charge in [-0.25, -0.2) is 0 Å². The van der Waals surface area contributed by atoms with Gasteiger partial charge in [-0.1, -0.05) is 43.6 Å². The maximum atomic E-state index is 12.2. The van der Waals surface area contributed by atoms with Gasteiger partial charge in [-0.3, -0.25) is 20.4 Å². The second-order valence-electron chi connectivity index (χ2n) is 7.36. The lowest BCUT2D eigenvalue weighted by molar-refractivity contribution is -0.123. The summed E-state index contributed by atoms with van der Waals surface area (Å²) < 4.78 is 12.2. The van der Waals surface area contributed by atoms with Crippen molar-refractivity contribution in [2.75, 3.05) is 13.2 Å². The average Bonchev–Trinajstić information content (AvgIpc) is 2.69. The zero-order valence-corrected chi connectivity index (χ0v) is 18.7. The Kier molecular flexibility index (Phi) is 8.51. The number of rotatable bonds is 8. The van der Waals surface area contributed by atoms with Crippen molar-refractivity contribution in [1.82, 2.24) is 10.9 Å². The maximum Gasteiger partial charge on any atom is 0.276 e. The number of nitrogens with one attached hydrogen (secondary N) is 2. The van der Waals surface area contributed by atoms with Gasteiger partial charge in [0.15, 0.2) is 6.61 Å². The second kappa shape index (κ2) is 10.9. The van der Waals surface area contributed by atoms with Gasteiger partial charge in [0, 0.05) is 10.0 Å². The molecule has 0 saturated carbocycles. The summed E-state index contributed by atoms with van der Waals surface area (Å²) in [6.07, 6.45) is 0. The van der Waals surface area contributed by atoms with E-state index < -0.39 is 11.8 Å².